The molecule has 0 unspecified atom stereocenters. The molecule has 2 rings (SSSR count). The number of ether oxygens (including phenoxy) is 4. The largest absolute Gasteiger partial charge is 0.510 e. The lowest BCUT2D eigenvalue weighted by molar-refractivity contribution is -0.140. The van der Waals surface area contributed by atoms with E-state index in [2.05, 4.69) is 19.5 Å². The van der Waals surface area contributed by atoms with Gasteiger partial charge >= 0.3 is 25.9 Å². The number of rotatable bonds is 10. The number of carbonyl (C=O) groups is 3. The lowest BCUT2D eigenvalue weighted by atomic mass is 10.2. The molecular formula is C17H22NO12P. The Bertz CT molecular complexity index is 842. The minimum atomic E-state index is -4.30. The summed E-state index contributed by atoms with van der Waals surface area (Å²) in [5.74, 6) is -0.508. The topological polar surface area (TPSA) is 158 Å². The van der Waals surface area contributed by atoms with Crippen molar-refractivity contribution in [2.24, 2.45) is 5.16 Å². The van der Waals surface area contributed by atoms with Crippen molar-refractivity contribution in [2.45, 2.75) is 46.3 Å². The SMILES string of the molecule is CC(C)OC(=O)OCOP(=O)(OCOC(=O)OC(C)C)c1ccc(C2=NOC(=O)C2)o1. The van der Waals surface area contributed by atoms with E-state index in [0.29, 0.717) is 0 Å². The number of hydrogen-bond donors (Lipinski definition) is 0. The highest BCUT2D eigenvalue weighted by molar-refractivity contribution is 7.61. The molecule has 0 aromatic carbocycles. The van der Waals surface area contributed by atoms with Crippen molar-refractivity contribution in [3.63, 3.8) is 0 Å². The molecule has 0 spiro atoms. The van der Waals surface area contributed by atoms with Gasteiger partial charge in [0.25, 0.3) is 0 Å². The molecule has 0 bridgehead atoms. The second-order valence-corrected chi connectivity index (χ2v) is 8.38. The van der Waals surface area contributed by atoms with E-state index in [9.17, 15) is 18.9 Å². The molecule has 0 saturated carbocycles. The molecule has 1 aliphatic heterocycles. The first-order chi connectivity index (χ1) is 14.6. The van der Waals surface area contributed by atoms with E-state index in [4.69, 9.17) is 22.9 Å². The second kappa shape index (κ2) is 10.9. The van der Waals surface area contributed by atoms with Crippen molar-refractivity contribution < 1.29 is 56.2 Å². The zero-order valence-electron chi connectivity index (χ0n) is 17.2. The Kier molecular flexibility index (Phi) is 8.60. The van der Waals surface area contributed by atoms with Crippen molar-refractivity contribution in [1.82, 2.24) is 0 Å². The van der Waals surface area contributed by atoms with Crippen LogP contribution < -0.4 is 5.50 Å². The minimum absolute atomic E-state index is 0.0774. The molecule has 1 aliphatic rings. The van der Waals surface area contributed by atoms with Crippen molar-refractivity contribution in [2.75, 3.05) is 13.6 Å². The molecule has 31 heavy (non-hydrogen) atoms. The summed E-state index contributed by atoms with van der Waals surface area (Å²) in [5.41, 5.74) is -0.164. The molecule has 0 atom stereocenters. The number of oxime groups is 1. The van der Waals surface area contributed by atoms with Gasteiger partial charge in [0.05, 0.1) is 18.6 Å². The molecule has 0 radical (unpaired) electrons. The Hall–Kier alpha value is -2.89. The van der Waals surface area contributed by atoms with Crippen LogP contribution in [-0.4, -0.2) is 49.8 Å². The van der Waals surface area contributed by atoms with E-state index < -0.39 is 51.7 Å². The van der Waals surface area contributed by atoms with Gasteiger partial charge in [0.1, 0.15) is 5.71 Å². The van der Waals surface area contributed by atoms with Crippen LogP contribution >= 0.6 is 7.60 Å². The number of furan rings is 1. The molecule has 0 amide bonds. The molecule has 0 N–H and O–H groups in total. The Morgan fingerprint density at radius 3 is 2.03 bits per heavy atom. The highest BCUT2D eigenvalue weighted by atomic mass is 31.2. The zero-order valence-corrected chi connectivity index (χ0v) is 18.1. The van der Waals surface area contributed by atoms with E-state index in [1.165, 1.54) is 12.1 Å². The zero-order chi connectivity index (χ0) is 23.0. The van der Waals surface area contributed by atoms with E-state index in [1.807, 2.05) is 0 Å². The van der Waals surface area contributed by atoms with E-state index >= 15 is 0 Å². The van der Waals surface area contributed by atoms with Crippen LogP contribution in [0.15, 0.2) is 21.7 Å². The smallest absolute Gasteiger partial charge is 0.447 e. The van der Waals surface area contributed by atoms with Gasteiger partial charge < -0.3 is 28.2 Å². The van der Waals surface area contributed by atoms with Crippen LogP contribution in [0, 0.1) is 0 Å². The first-order valence-electron chi connectivity index (χ1n) is 9.02. The van der Waals surface area contributed by atoms with Gasteiger partial charge in [0, 0.05) is 0 Å². The van der Waals surface area contributed by atoms with Gasteiger partial charge in [-0.25, -0.2) is 14.4 Å². The fourth-order valence-electron chi connectivity index (χ4n) is 1.97. The summed E-state index contributed by atoms with van der Waals surface area (Å²) in [7, 11) is -4.30. The standard InChI is InChI=1S/C17H22NO12P/c1-10(2)27-16(20)23-8-25-31(22,26-9-24-17(21)28-11(3)4)15-6-5-13(29-15)12-7-14(19)30-18-12/h5-6,10-11H,7-9H2,1-4H3. The maximum atomic E-state index is 13.2. The van der Waals surface area contributed by atoms with Crippen LogP contribution in [0.4, 0.5) is 9.59 Å². The second-order valence-electron chi connectivity index (χ2n) is 6.43. The van der Waals surface area contributed by atoms with E-state index in [0.717, 1.165) is 0 Å². The molecule has 13 nitrogen and oxygen atoms in total. The number of hydrogen-bond acceptors (Lipinski definition) is 13. The molecule has 1 aromatic heterocycles. The van der Waals surface area contributed by atoms with Gasteiger partial charge in [0.15, 0.2) is 5.76 Å². The van der Waals surface area contributed by atoms with E-state index in [1.54, 1.807) is 27.7 Å². The number of nitrogens with zero attached hydrogens (tertiary/aromatic N) is 1. The fourth-order valence-corrected chi connectivity index (χ4v) is 3.15. The van der Waals surface area contributed by atoms with Crippen molar-refractivity contribution in [1.29, 1.82) is 0 Å². The predicted octanol–water partition coefficient (Wildman–Crippen LogP) is 2.82. The predicted molar refractivity (Wildman–Crippen MR) is 101 cm³/mol. The van der Waals surface area contributed by atoms with Crippen LogP contribution in [0.3, 0.4) is 0 Å². The molecule has 2 heterocycles. The van der Waals surface area contributed by atoms with Crippen molar-refractivity contribution in [3.8, 4) is 0 Å². The Morgan fingerprint density at radius 1 is 1.03 bits per heavy atom. The van der Waals surface area contributed by atoms with Crippen LogP contribution in [0.2, 0.25) is 0 Å². The Labute approximate surface area is 177 Å². The summed E-state index contributed by atoms with van der Waals surface area (Å²) in [6.45, 7) is 4.78. The molecule has 0 saturated heterocycles. The summed E-state index contributed by atoms with van der Waals surface area (Å²) in [6.07, 6.45) is -3.15. The minimum Gasteiger partial charge on any atom is -0.447 e. The van der Waals surface area contributed by atoms with Gasteiger partial charge in [-0.1, -0.05) is 5.16 Å². The third kappa shape index (κ3) is 7.70. The van der Waals surface area contributed by atoms with Crippen LogP contribution in [0.25, 0.3) is 0 Å². The monoisotopic (exact) mass is 463 g/mol. The molecule has 1 aromatic rings. The third-order valence-electron chi connectivity index (χ3n) is 3.18. The number of carbonyl (C=O) groups excluding carboxylic acids is 3. The highest BCUT2D eigenvalue weighted by Crippen LogP contribution is 2.47. The Balaban J connectivity index is 2.07. The van der Waals surface area contributed by atoms with Crippen LogP contribution in [0.5, 0.6) is 0 Å². The summed E-state index contributed by atoms with van der Waals surface area (Å²) in [4.78, 5) is 38.6. The van der Waals surface area contributed by atoms with Crippen molar-refractivity contribution >= 4 is 37.1 Å². The van der Waals surface area contributed by atoms with Crippen molar-refractivity contribution in [3.05, 3.63) is 17.9 Å². The highest BCUT2D eigenvalue weighted by Gasteiger charge is 2.35. The van der Waals surface area contributed by atoms with Crippen LogP contribution in [0.1, 0.15) is 39.9 Å². The van der Waals surface area contributed by atoms with Gasteiger partial charge in [0.2, 0.25) is 19.1 Å². The first-order valence-corrected chi connectivity index (χ1v) is 10.6. The lowest BCUT2D eigenvalue weighted by Gasteiger charge is -2.17. The average molecular weight is 463 g/mol. The molecular weight excluding hydrogens is 441 g/mol. The fraction of sp³-hybridized carbons (Fsp3) is 0.529. The maximum absolute atomic E-state index is 13.2. The maximum Gasteiger partial charge on any atom is 0.510 e. The lowest BCUT2D eigenvalue weighted by Crippen LogP contribution is -2.18. The molecule has 0 fully saturated rings. The summed E-state index contributed by atoms with van der Waals surface area (Å²) in [6, 6.07) is 2.59. The van der Waals surface area contributed by atoms with Crippen LogP contribution in [-0.2, 0) is 42.2 Å². The first kappa shape index (κ1) is 24.4. The Morgan fingerprint density at radius 2 is 1.58 bits per heavy atom. The van der Waals surface area contributed by atoms with E-state index in [-0.39, 0.29) is 23.4 Å². The quantitative estimate of drug-likeness (QED) is 0.216. The third-order valence-corrected chi connectivity index (χ3v) is 4.85. The van der Waals surface area contributed by atoms with Gasteiger partial charge in [-0.2, -0.15) is 0 Å². The molecule has 0 aliphatic carbocycles. The normalized spacial score (nSPS) is 13.7. The summed E-state index contributed by atoms with van der Waals surface area (Å²) >= 11 is 0. The van der Waals surface area contributed by atoms with Gasteiger partial charge in [-0.05, 0) is 39.8 Å². The average Bonchev–Trinajstić information content (AvgIpc) is 3.29. The molecule has 172 valence electrons. The molecule has 14 heteroatoms. The summed E-state index contributed by atoms with van der Waals surface area (Å²) in [5, 5.41) is 3.54. The summed E-state index contributed by atoms with van der Waals surface area (Å²) < 4.78 is 47.6. The van der Waals surface area contributed by atoms with Gasteiger partial charge in [-0.15, -0.1) is 0 Å². The van der Waals surface area contributed by atoms with Gasteiger partial charge in [-0.3, -0.25) is 13.6 Å².